The van der Waals surface area contributed by atoms with Gasteiger partial charge >= 0.3 is 0 Å². The van der Waals surface area contributed by atoms with Crippen LogP contribution in [-0.2, 0) is 32.9 Å². The summed E-state index contributed by atoms with van der Waals surface area (Å²) >= 11 is 1.75. The Labute approximate surface area is 214 Å². The maximum absolute atomic E-state index is 11.4. The van der Waals surface area contributed by atoms with Crippen molar-refractivity contribution in [2.75, 3.05) is 11.1 Å². The second kappa shape index (κ2) is 13.5. The Hall–Kier alpha value is -2.72. The lowest BCUT2D eigenvalue weighted by molar-refractivity contribution is -0.432. The summed E-state index contributed by atoms with van der Waals surface area (Å²) in [5, 5.41) is 58.5. The molecule has 0 atom stereocenters. The third-order valence-electron chi connectivity index (χ3n) is 4.17. The Kier molecular flexibility index (Phi) is 10.5. The van der Waals surface area contributed by atoms with Crippen molar-refractivity contribution >= 4 is 75.6 Å². The van der Waals surface area contributed by atoms with E-state index in [1.165, 1.54) is 31.2 Å². The van der Waals surface area contributed by atoms with Crippen molar-refractivity contribution in [2.45, 2.75) is 21.6 Å². The van der Waals surface area contributed by atoms with E-state index in [0.29, 0.717) is 52.1 Å². The number of hydrogen-bond acceptors (Lipinski definition) is 17. The number of carbonyl (C=O) groups is 1. The fourth-order valence-corrected chi connectivity index (χ4v) is 4.27. The van der Waals surface area contributed by atoms with Gasteiger partial charge in [0.25, 0.3) is 0 Å². The van der Waals surface area contributed by atoms with Crippen LogP contribution >= 0.6 is 36.1 Å². The zero-order chi connectivity index (χ0) is 26.1. The molecule has 1 amide bonds. The number of phenols is 1. The molecular formula is C18H16N4O11S3. The van der Waals surface area contributed by atoms with Gasteiger partial charge in [0, 0.05) is 17.5 Å². The molecule has 36 heavy (non-hydrogen) atoms. The van der Waals surface area contributed by atoms with E-state index in [9.17, 15) is 9.90 Å². The van der Waals surface area contributed by atoms with Gasteiger partial charge in [-0.3, -0.25) is 4.79 Å². The van der Waals surface area contributed by atoms with E-state index in [0.717, 1.165) is 0 Å². The van der Waals surface area contributed by atoms with E-state index in [-0.39, 0.29) is 43.9 Å². The van der Waals surface area contributed by atoms with Crippen molar-refractivity contribution in [1.82, 2.24) is 0 Å². The van der Waals surface area contributed by atoms with Crippen LogP contribution in [0.15, 0.2) is 61.3 Å². The monoisotopic (exact) mass is 560 g/mol. The summed E-state index contributed by atoms with van der Waals surface area (Å²) in [5.74, 6) is -0.577. The van der Waals surface area contributed by atoms with Gasteiger partial charge in [0.15, 0.2) is 0 Å². The fourth-order valence-electron chi connectivity index (χ4n) is 2.89. The number of anilines is 2. The minimum absolute atomic E-state index is 0.0120. The smallest absolute Gasteiger partial charge is 0.221 e. The Morgan fingerprint density at radius 1 is 0.917 bits per heavy atom. The standard InChI is InChI=1S/C18H16N4O11S3/c1-8(23)20-10-2-3-12(14(6-10)35-32-29-26)21-22-18-16-9(5-15(17(18)19)36-33-30-27)4-11(7-13(16)24)34-31-28-25/h2-7,24-27H,19H2,1H3,(H,20,23). The third-order valence-corrected chi connectivity index (χ3v) is 6.01. The van der Waals surface area contributed by atoms with Crippen LogP contribution in [0.25, 0.3) is 10.8 Å². The average Bonchev–Trinajstić information content (AvgIpc) is 2.85. The van der Waals surface area contributed by atoms with Crippen LogP contribution in [0, 0.1) is 0 Å². The van der Waals surface area contributed by atoms with Crippen molar-refractivity contribution in [1.29, 1.82) is 0 Å². The minimum atomic E-state index is -0.314. The summed E-state index contributed by atoms with van der Waals surface area (Å²) in [6, 6.07) is 8.90. The summed E-state index contributed by atoms with van der Waals surface area (Å²) in [5.41, 5.74) is 6.88. The lowest BCUT2D eigenvalue weighted by Gasteiger charge is -2.12. The molecule has 18 heteroatoms. The number of carbonyl (C=O) groups excluding carboxylic acids is 1. The summed E-state index contributed by atoms with van der Waals surface area (Å²) in [6.07, 6.45) is 0. The zero-order valence-corrected chi connectivity index (χ0v) is 20.3. The Balaban J connectivity index is 2.12. The Morgan fingerprint density at radius 2 is 1.58 bits per heavy atom. The number of phenolic OH excluding ortho intramolecular Hbond substituents is 1. The van der Waals surface area contributed by atoms with E-state index in [4.69, 9.17) is 21.5 Å². The first-order valence-electron chi connectivity index (χ1n) is 9.24. The number of nitrogens with zero attached hydrogens (tertiary/aromatic N) is 2. The predicted molar refractivity (Wildman–Crippen MR) is 127 cm³/mol. The molecule has 0 aliphatic rings. The number of azo groups is 1. The Bertz CT molecular complexity index is 1260. The highest BCUT2D eigenvalue weighted by atomic mass is 32.2. The molecule has 0 saturated carbocycles. The van der Waals surface area contributed by atoms with Crippen LogP contribution in [0.5, 0.6) is 5.75 Å². The molecule has 0 spiro atoms. The summed E-state index contributed by atoms with van der Waals surface area (Å²) in [6.45, 7) is 1.33. The quantitative estimate of drug-likeness (QED) is 0.0508. The van der Waals surface area contributed by atoms with Crippen molar-refractivity contribution in [3.8, 4) is 5.75 Å². The number of nitrogens with two attached hydrogens (primary N) is 1. The highest BCUT2D eigenvalue weighted by molar-refractivity contribution is 7.95. The lowest BCUT2D eigenvalue weighted by atomic mass is 10.1. The van der Waals surface area contributed by atoms with Crippen molar-refractivity contribution < 1.29 is 53.8 Å². The number of rotatable bonds is 12. The molecule has 0 aliphatic heterocycles. The normalized spacial score (nSPS) is 11.4. The molecule has 0 fully saturated rings. The molecule has 192 valence electrons. The van der Waals surface area contributed by atoms with Crippen LogP contribution in [0.2, 0.25) is 0 Å². The van der Waals surface area contributed by atoms with Crippen molar-refractivity contribution in [2.24, 2.45) is 10.2 Å². The molecule has 0 heterocycles. The molecule has 7 N–H and O–H groups in total. The molecular weight excluding hydrogens is 544 g/mol. The largest absolute Gasteiger partial charge is 0.507 e. The van der Waals surface area contributed by atoms with Crippen LogP contribution in [0.3, 0.4) is 0 Å². The highest BCUT2D eigenvalue weighted by Gasteiger charge is 2.18. The lowest BCUT2D eigenvalue weighted by Crippen LogP contribution is -2.05. The molecule has 3 aromatic carbocycles. The molecule has 15 nitrogen and oxygen atoms in total. The minimum Gasteiger partial charge on any atom is -0.507 e. The maximum atomic E-state index is 11.4. The van der Waals surface area contributed by atoms with Crippen molar-refractivity contribution in [3.05, 3.63) is 36.4 Å². The Morgan fingerprint density at radius 3 is 2.25 bits per heavy atom. The molecule has 0 aliphatic carbocycles. The predicted octanol–water partition coefficient (Wildman–Crippen LogP) is 5.79. The van der Waals surface area contributed by atoms with E-state index in [1.54, 1.807) is 12.1 Å². The maximum Gasteiger partial charge on any atom is 0.221 e. The third kappa shape index (κ3) is 7.16. The number of nitrogens with one attached hydrogen (secondary N) is 1. The summed E-state index contributed by atoms with van der Waals surface area (Å²) in [7, 11) is 0. The van der Waals surface area contributed by atoms with E-state index in [2.05, 4.69) is 43.7 Å². The SMILES string of the molecule is CC(=O)Nc1ccc(N=Nc2c(N)c(SOOO)cc3cc(SOOO)cc(O)c23)c(SOOO)c1. The number of fused-ring (bicyclic) bond motifs is 1. The van der Waals surface area contributed by atoms with Gasteiger partial charge in [-0.25, -0.2) is 15.8 Å². The first-order chi connectivity index (χ1) is 17.4. The number of amides is 1. The van der Waals surface area contributed by atoms with E-state index in [1.807, 2.05) is 0 Å². The van der Waals surface area contributed by atoms with Gasteiger partial charge in [-0.1, -0.05) is 15.1 Å². The summed E-state index contributed by atoms with van der Waals surface area (Å²) < 4.78 is 13.4. The first kappa shape index (κ1) is 27.9. The van der Waals surface area contributed by atoms with Gasteiger partial charge in [-0.15, -0.1) is 23.2 Å². The first-order valence-corrected chi connectivity index (χ1v) is 11.5. The molecule has 0 saturated heterocycles. The molecule has 0 aromatic heterocycles. The fraction of sp³-hybridized carbons (Fsp3) is 0.0556. The number of benzene rings is 3. The molecule has 3 aromatic rings. The molecule has 0 radical (unpaired) electrons. The molecule has 3 rings (SSSR count). The van der Waals surface area contributed by atoms with Crippen molar-refractivity contribution in [3.63, 3.8) is 0 Å². The van der Waals surface area contributed by atoms with Crippen LogP contribution in [0.1, 0.15) is 6.92 Å². The van der Waals surface area contributed by atoms with E-state index < -0.39 is 0 Å². The average molecular weight is 561 g/mol. The van der Waals surface area contributed by atoms with Gasteiger partial charge in [0.1, 0.15) is 17.1 Å². The topological polar surface area (TPSA) is 216 Å². The van der Waals surface area contributed by atoms with E-state index >= 15 is 0 Å². The number of nitrogen functional groups attached to an aromatic ring is 1. The second-order valence-corrected chi connectivity index (χ2v) is 8.68. The van der Waals surface area contributed by atoms with Crippen LogP contribution < -0.4 is 11.1 Å². The van der Waals surface area contributed by atoms with Gasteiger partial charge in [-0.05, 0) is 41.8 Å². The van der Waals surface area contributed by atoms with Crippen LogP contribution in [-0.4, -0.2) is 26.8 Å². The van der Waals surface area contributed by atoms with Gasteiger partial charge in [-0.2, -0.15) is 0 Å². The van der Waals surface area contributed by atoms with Gasteiger partial charge < -0.3 is 16.2 Å². The van der Waals surface area contributed by atoms with Gasteiger partial charge in [0.05, 0.1) is 57.0 Å². The van der Waals surface area contributed by atoms with Gasteiger partial charge in [0.2, 0.25) is 5.91 Å². The van der Waals surface area contributed by atoms with Crippen LogP contribution in [0.4, 0.5) is 22.7 Å². The zero-order valence-electron chi connectivity index (χ0n) is 17.8. The molecule has 0 bridgehead atoms. The highest BCUT2D eigenvalue weighted by Crippen LogP contribution is 2.46. The number of aromatic hydroxyl groups is 1. The molecule has 0 unspecified atom stereocenters. The summed E-state index contributed by atoms with van der Waals surface area (Å²) in [4.78, 5) is 12.2. The second-order valence-electron chi connectivity index (χ2n) is 6.42. The number of hydrogen-bond donors (Lipinski definition) is 6.